The smallest absolute Gasteiger partial charge is 0.344 e. The molecule has 1 N–H and O–H groups in total. The Kier molecular flexibility index (Phi) is 17.8. The van der Waals surface area contributed by atoms with Gasteiger partial charge in [-0.2, -0.15) is 0 Å². The van der Waals surface area contributed by atoms with E-state index < -0.39 is 49.0 Å². The number of anilines is 4. The number of nitrogens with zero attached hydrogens (tertiary/aromatic N) is 2. The first kappa shape index (κ1) is 51.5. The molecule has 6 rings (SSSR count). The molecule has 0 amide bonds. The van der Waals surface area contributed by atoms with E-state index in [1.165, 1.54) is 26.4 Å². The standard InChI is InChI=1S/C26H35NO6S.C24H31NO6S/c1-5-8-14-26(6-2)18-27(20-12-10-9-11-13-20)21-15-22(31-4)23(33-17-25(28)32-7-3)16-24(21)34(29,30)19-26;1-4-6-12-24(5-2)16-25(18-10-8-7-9-11-18)19-13-20(30-3)21(31-15-23(26)27)14-22(19)32(28,29)17-24/h9-13,15-16H,5-8,14,17-19H2,1-4H3;7-11,13-14H,4-6,12,15-17H2,1-3H3,(H,26,27). The Bertz CT molecular complexity index is 2490. The van der Waals surface area contributed by atoms with Crippen LogP contribution in [0.4, 0.5) is 22.7 Å². The number of carboxylic acids is 1. The second-order valence-electron chi connectivity index (χ2n) is 17.0. The summed E-state index contributed by atoms with van der Waals surface area (Å²) in [5, 5.41) is 9.01. The number of benzene rings is 4. The van der Waals surface area contributed by atoms with Gasteiger partial charge in [0.05, 0.1) is 53.5 Å². The molecule has 16 heteroatoms. The molecule has 0 bridgehead atoms. The van der Waals surface area contributed by atoms with E-state index in [9.17, 15) is 26.4 Å². The maximum Gasteiger partial charge on any atom is 0.344 e. The van der Waals surface area contributed by atoms with Crippen molar-refractivity contribution in [3.63, 3.8) is 0 Å². The minimum absolute atomic E-state index is 0.0253. The van der Waals surface area contributed by atoms with Gasteiger partial charge >= 0.3 is 11.9 Å². The minimum Gasteiger partial charge on any atom is -0.493 e. The number of fused-ring (bicyclic) bond motifs is 2. The van der Waals surface area contributed by atoms with Gasteiger partial charge in [0.25, 0.3) is 0 Å². The molecular weight excluding hydrogens is 885 g/mol. The molecule has 2 aliphatic heterocycles. The summed E-state index contributed by atoms with van der Waals surface area (Å²) in [4.78, 5) is 27.3. The Morgan fingerprint density at radius 1 is 0.606 bits per heavy atom. The molecule has 14 nitrogen and oxygen atoms in total. The number of carboxylic acid groups (broad SMARTS) is 1. The molecular formula is C50H66N2O12S2. The van der Waals surface area contributed by atoms with Crippen molar-refractivity contribution < 1.29 is 55.2 Å². The molecule has 360 valence electrons. The third-order valence-electron chi connectivity index (χ3n) is 12.5. The third kappa shape index (κ3) is 12.3. The molecule has 0 aliphatic carbocycles. The van der Waals surface area contributed by atoms with Gasteiger partial charge in [-0.15, -0.1) is 0 Å². The van der Waals surface area contributed by atoms with Gasteiger partial charge < -0.3 is 38.6 Å². The van der Waals surface area contributed by atoms with Crippen LogP contribution in [-0.4, -0.2) is 92.5 Å². The molecule has 66 heavy (non-hydrogen) atoms. The molecule has 0 fully saturated rings. The molecule has 2 heterocycles. The maximum atomic E-state index is 13.8. The van der Waals surface area contributed by atoms with Crippen molar-refractivity contribution >= 4 is 54.4 Å². The van der Waals surface area contributed by atoms with E-state index >= 15 is 0 Å². The molecule has 2 unspecified atom stereocenters. The Labute approximate surface area is 391 Å². The Hall–Kier alpha value is -5.48. The number of unbranched alkanes of at least 4 members (excludes halogenated alkanes) is 2. The fraction of sp³-hybridized carbons (Fsp3) is 0.480. The average Bonchev–Trinajstić information content (AvgIpc) is 3.48. The zero-order valence-electron chi connectivity index (χ0n) is 39.3. The van der Waals surface area contributed by atoms with E-state index in [-0.39, 0.29) is 46.0 Å². The normalized spacial score (nSPS) is 19.4. The summed E-state index contributed by atoms with van der Waals surface area (Å²) in [6, 6.07) is 25.7. The van der Waals surface area contributed by atoms with Crippen molar-refractivity contribution in [1.82, 2.24) is 0 Å². The first-order valence-electron chi connectivity index (χ1n) is 22.7. The molecule has 4 aromatic rings. The highest BCUT2D eigenvalue weighted by Crippen LogP contribution is 2.49. The zero-order chi connectivity index (χ0) is 48.1. The SMILES string of the molecule is CCCCC1(CC)CN(c2ccccc2)c2cc(OC)c(OCC(=O)O)cc2S(=O)(=O)C1.CCCCC1(CC)CN(c2ccccc2)c2cc(OC)c(OCC(=O)OCC)cc2S(=O)(=O)C1. The average molecular weight is 951 g/mol. The molecule has 0 radical (unpaired) electrons. The summed E-state index contributed by atoms with van der Waals surface area (Å²) in [6.07, 6.45) is 6.98. The van der Waals surface area contributed by atoms with Crippen LogP contribution in [-0.2, 0) is 34.0 Å². The lowest BCUT2D eigenvalue weighted by Crippen LogP contribution is -2.37. The van der Waals surface area contributed by atoms with E-state index in [4.69, 9.17) is 28.8 Å². The van der Waals surface area contributed by atoms with Crippen molar-refractivity contribution in [2.45, 2.75) is 95.8 Å². The van der Waals surface area contributed by atoms with Crippen LogP contribution in [0.25, 0.3) is 0 Å². The van der Waals surface area contributed by atoms with Crippen molar-refractivity contribution in [1.29, 1.82) is 0 Å². The van der Waals surface area contributed by atoms with Gasteiger partial charge in [0, 0.05) is 59.6 Å². The molecule has 0 saturated heterocycles. The van der Waals surface area contributed by atoms with E-state index in [1.807, 2.05) is 72.5 Å². The van der Waals surface area contributed by atoms with Crippen LogP contribution >= 0.6 is 0 Å². The van der Waals surface area contributed by atoms with Crippen LogP contribution in [0.2, 0.25) is 0 Å². The lowest BCUT2D eigenvalue weighted by Gasteiger charge is -2.36. The van der Waals surface area contributed by atoms with Gasteiger partial charge in [-0.05, 0) is 56.9 Å². The summed E-state index contributed by atoms with van der Waals surface area (Å²) < 4.78 is 81.8. The van der Waals surface area contributed by atoms with Gasteiger partial charge in [0.2, 0.25) is 0 Å². The highest BCUT2D eigenvalue weighted by Gasteiger charge is 2.44. The summed E-state index contributed by atoms with van der Waals surface area (Å²) in [5.41, 5.74) is 2.06. The van der Waals surface area contributed by atoms with Crippen LogP contribution in [0.3, 0.4) is 0 Å². The first-order valence-corrected chi connectivity index (χ1v) is 26.0. The predicted molar refractivity (Wildman–Crippen MR) is 257 cm³/mol. The lowest BCUT2D eigenvalue weighted by atomic mass is 9.81. The zero-order valence-corrected chi connectivity index (χ0v) is 41.0. The van der Waals surface area contributed by atoms with Crippen LogP contribution < -0.4 is 28.7 Å². The Morgan fingerprint density at radius 2 is 1.02 bits per heavy atom. The fourth-order valence-electron chi connectivity index (χ4n) is 8.76. The van der Waals surface area contributed by atoms with E-state index in [0.29, 0.717) is 36.0 Å². The number of ether oxygens (including phenoxy) is 5. The molecule has 0 saturated carbocycles. The van der Waals surface area contributed by atoms with Gasteiger partial charge in [-0.3, -0.25) is 0 Å². The van der Waals surface area contributed by atoms with Crippen molar-refractivity contribution in [3.8, 4) is 23.0 Å². The molecule has 0 aromatic heterocycles. The lowest BCUT2D eigenvalue weighted by molar-refractivity contribution is -0.145. The third-order valence-corrected chi connectivity index (χ3v) is 16.5. The summed E-state index contributed by atoms with van der Waals surface area (Å²) in [7, 11) is -4.40. The molecule has 4 aromatic carbocycles. The quantitative estimate of drug-likeness (QED) is 0.0879. The minimum atomic E-state index is -3.68. The van der Waals surface area contributed by atoms with Crippen LogP contribution in [0.5, 0.6) is 23.0 Å². The largest absolute Gasteiger partial charge is 0.493 e. The highest BCUT2D eigenvalue weighted by molar-refractivity contribution is 7.92. The topological polar surface area (TPSA) is 175 Å². The van der Waals surface area contributed by atoms with Crippen molar-refractivity contribution in [3.05, 3.63) is 84.9 Å². The maximum absolute atomic E-state index is 13.8. The number of sulfone groups is 2. The highest BCUT2D eigenvalue weighted by atomic mass is 32.2. The van der Waals surface area contributed by atoms with Gasteiger partial charge in [-0.25, -0.2) is 26.4 Å². The molecule has 2 aliphatic rings. The Morgan fingerprint density at radius 3 is 1.36 bits per heavy atom. The van der Waals surface area contributed by atoms with Gasteiger partial charge in [0.15, 0.2) is 55.9 Å². The summed E-state index contributed by atoms with van der Waals surface area (Å²) >= 11 is 0. The van der Waals surface area contributed by atoms with Gasteiger partial charge in [0.1, 0.15) is 0 Å². The molecule has 2 atom stereocenters. The number of carbonyl (C=O) groups is 2. The van der Waals surface area contributed by atoms with Crippen molar-refractivity contribution in [2.24, 2.45) is 10.8 Å². The van der Waals surface area contributed by atoms with E-state index in [1.54, 1.807) is 19.1 Å². The summed E-state index contributed by atoms with van der Waals surface area (Å²) in [6.45, 7) is 10.5. The first-order chi connectivity index (χ1) is 31.5. The van der Waals surface area contributed by atoms with Gasteiger partial charge in [-0.1, -0.05) is 89.8 Å². The Balaban J connectivity index is 0.000000248. The van der Waals surface area contributed by atoms with E-state index in [2.05, 4.69) is 25.7 Å². The number of carbonyl (C=O) groups excluding carboxylic acids is 1. The number of hydrogen-bond acceptors (Lipinski definition) is 13. The monoisotopic (exact) mass is 950 g/mol. The predicted octanol–water partition coefficient (Wildman–Crippen LogP) is 9.82. The number of para-hydroxylation sites is 2. The van der Waals surface area contributed by atoms with E-state index in [0.717, 1.165) is 62.7 Å². The van der Waals surface area contributed by atoms with Crippen LogP contribution in [0.15, 0.2) is 94.7 Å². The fourth-order valence-corrected chi connectivity index (χ4v) is 13.1. The molecule has 0 spiro atoms. The van der Waals surface area contributed by atoms with Crippen LogP contribution in [0, 0.1) is 10.8 Å². The van der Waals surface area contributed by atoms with Crippen molar-refractivity contribution in [2.75, 3.05) is 68.4 Å². The second kappa shape index (κ2) is 22.8. The number of hydrogen-bond donors (Lipinski definition) is 1. The summed E-state index contributed by atoms with van der Waals surface area (Å²) in [5.74, 6) is -0.659. The second-order valence-corrected chi connectivity index (χ2v) is 20.9. The number of methoxy groups -OCH3 is 2. The number of rotatable bonds is 19. The number of aliphatic carboxylic acids is 1. The van der Waals surface area contributed by atoms with Crippen LogP contribution in [0.1, 0.15) is 86.0 Å². The number of esters is 1.